The smallest absolute Gasteiger partial charge is 1.00 e. The van der Waals surface area contributed by atoms with Crippen molar-refractivity contribution in [3.05, 3.63) is 24.3 Å². The zero-order chi connectivity index (χ0) is 9.19. The van der Waals surface area contributed by atoms with Crippen LogP contribution < -0.4 is 29.1 Å². The van der Waals surface area contributed by atoms with E-state index in [1.807, 2.05) is 0 Å². The standard InChI is InChI=1S/C6H8NO4P.Li.H/c7-5-2-1-3-6(4-5)11-12(8,9)10;;/h1-4H,7H2,(H2,8,9,10);;/q;+1;-1. The third-order valence-electron chi connectivity index (χ3n) is 1.08. The molecule has 1 aromatic carbocycles. The molecule has 1 aromatic rings. The average Bonchev–Trinajstić information content (AvgIpc) is 1.82. The Bertz CT molecular complexity index is 331. The van der Waals surface area contributed by atoms with E-state index in [1.54, 1.807) is 12.1 Å². The predicted octanol–water partition coefficient (Wildman–Crippen LogP) is -2.14. The molecule has 0 aliphatic rings. The number of phosphoric ester groups is 1. The Morgan fingerprint density at radius 2 is 2.08 bits per heavy atom. The van der Waals surface area contributed by atoms with Gasteiger partial charge in [-0.2, -0.15) is 0 Å². The van der Waals surface area contributed by atoms with Crippen molar-refractivity contribution >= 4 is 13.5 Å². The molecule has 5 nitrogen and oxygen atoms in total. The Morgan fingerprint density at radius 3 is 2.54 bits per heavy atom. The van der Waals surface area contributed by atoms with Crippen molar-refractivity contribution in [1.29, 1.82) is 0 Å². The monoisotopic (exact) mass is 197 g/mol. The van der Waals surface area contributed by atoms with Gasteiger partial charge in [-0.15, -0.1) is 0 Å². The van der Waals surface area contributed by atoms with Gasteiger partial charge in [0, 0.05) is 11.8 Å². The van der Waals surface area contributed by atoms with E-state index in [2.05, 4.69) is 4.52 Å². The van der Waals surface area contributed by atoms with Gasteiger partial charge < -0.3 is 11.7 Å². The van der Waals surface area contributed by atoms with Crippen molar-refractivity contribution in [1.82, 2.24) is 0 Å². The summed E-state index contributed by atoms with van der Waals surface area (Å²) in [7, 11) is -4.46. The number of nitrogens with two attached hydrogens (primary N) is 1. The fourth-order valence-corrected chi connectivity index (χ4v) is 1.10. The maximum Gasteiger partial charge on any atom is 1.00 e. The normalized spacial score (nSPS) is 10.3. The van der Waals surface area contributed by atoms with Gasteiger partial charge in [0.1, 0.15) is 5.75 Å². The molecule has 7 heteroatoms. The van der Waals surface area contributed by atoms with E-state index < -0.39 is 7.82 Å². The zero-order valence-corrected chi connectivity index (χ0v) is 7.94. The molecule has 13 heavy (non-hydrogen) atoms. The minimum absolute atomic E-state index is 0. The van der Waals surface area contributed by atoms with Gasteiger partial charge in [0.05, 0.1) is 0 Å². The largest absolute Gasteiger partial charge is 1.00 e. The molecule has 0 saturated heterocycles. The second kappa shape index (κ2) is 4.71. The third-order valence-corrected chi connectivity index (χ3v) is 1.53. The number of anilines is 1. The molecule has 68 valence electrons. The van der Waals surface area contributed by atoms with E-state index in [1.165, 1.54) is 12.1 Å². The van der Waals surface area contributed by atoms with Crippen LogP contribution in [0, 0.1) is 0 Å². The van der Waals surface area contributed by atoms with E-state index in [-0.39, 0.29) is 26.0 Å². The van der Waals surface area contributed by atoms with Gasteiger partial charge in [0.15, 0.2) is 0 Å². The van der Waals surface area contributed by atoms with Crippen LogP contribution in [0.15, 0.2) is 24.3 Å². The Hall–Kier alpha value is -0.433. The molecular weight excluding hydrogens is 188 g/mol. The van der Waals surface area contributed by atoms with Crippen LogP contribution in [0.25, 0.3) is 0 Å². The Kier molecular flexibility index (Phi) is 4.55. The van der Waals surface area contributed by atoms with Crippen LogP contribution in [0.3, 0.4) is 0 Å². The van der Waals surface area contributed by atoms with Gasteiger partial charge in [-0.25, -0.2) is 4.57 Å². The summed E-state index contributed by atoms with van der Waals surface area (Å²) < 4.78 is 14.6. The fourth-order valence-electron chi connectivity index (χ4n) is 0.709. The molecule has 0 atom stereocenters. The van der Waals surface area contributed by atoms with Crippen LogP contribution in [-0.4, -0.2) is 9.79 Å². The first-order valence-corrected chi connectivity index (χ1v) is 4.61. The number of hydrogen-bond donors (Lipinski definition) is 3. The first-order valence-electron chi connectivity index (χ1n) is 3.08. The van der Waals surface area contributed by atoms with Gasteiger partial charge in [-0.1, -0.05) is 6.07 Å². The van der Waals surface area contributed by atoms with E-state index in [4.69, 9.17) is 15.5 Å². The molecule has 0 fully saturated rings. The molecule has 0 aromatic heterocycles. The summed E-state index contributed by atoms with van der Waals surface area (Å²) in [4.78, 5) is 16.8. The molecule has 0 bridgehead atoms. The van der Waals surface area contributed by atoms with Crippen LogP contribution in [0.1, 0.15) is 1.43 Å². The molecule has 0 aliphatic carbocycles. The first kappa shape index (κ1) is 12.6. The first-order chi connectivity index (χ1) is 5.47. The molecule has 0 aliphatic heterocycles. The van der Waals surface area contributed by atoms with Crippen LogP contribution in [0.2, 0.25) is 0 Å². The number of benzene rings is 1. The minimum atomic E-state index is -4.46. The molecule has 0 unspecified atom stereocenters. The van der Waals surface area contributed by atoms with E-state index >= 15 is 0 Å². The van der Waals surface area contributed by atoms with Gasteiger partial charge in [-0.05, 0) is 12.1 Å². The summed E-state index contributed by atoms with van der Waals surface area (Å²) in [6.07, 6.45) is 0. The minimum Gasteiger partial charge on any atom is -1.00 e. The Morgan fingerprint density at radius 1 is 1.46 bits per heavy atom. The van der Waals surface area contributed by atoms with Crippen molar-refractivity contribution in [2.75, 3.05) is 5.73 Å². The average molecular weight is 197 g/mol. The molecular formula is C6H9LiNO4P. The summed E-state index contributed by atoms with van der Waals surface area (Å²) in [5, 5.41) is 0. The molecule has 4 N–H and O–H groups in total. The molecule has 0 radical (unpaired) electrons. The molecule has 0 heterocycles. The maximum absolute atomic E-state index is 10.3. The Labute approximate surface area is 88.8 Å². The third kappa shape index (κ3) is 4.99. The second-order valence-electron chi connectivity index (χ2n) is 2.15. The summed E-state index contributed by atoms with van der Waals surface area (Å²) in [5.74, 6) is 0.0586. The van der Waals surface area contributed by atoms with Crippen molar-refractivity contribution in [3.8, 4) is 5.75 Å². The van der Waals surface area contributed by atoms with Crippen molar-refractivity contribution in [2.24, 2.45) is 0 Å². The van der Waals surface area contributed by atoms with Gasteiger partial charge in [0.25, 0.3) is 0 Å². The topological polar surface area (TPSA) is 92.8 Å². The van der Waals surface area contributed by atoms with Crippen LogP contribution >= 0.6 is 7.82 Å². The summed E-state index contributed by atoms with van der Waals surface area (Å²) in [6.45, 7) is 0. The van der Waals surface area contributed by atoms with Gasteiger partial charge in [-0.3, -0.25) is 9.79 Å². The van der Waals surface area contributed by atoms with Gasteiger partial charge >= 0.3 is 26.7 Å². The number of hydrogen-bond acceptors (Lipinski definition) is 3. The summed E-state index contributed by atoms with van der Waals surface area (Å²) in [5.41, 5.74) is 5.73. The quantitative estimate of drug-likeness (QED) is 0.285. The second-order valence-corrected chi connectivity index (χ2v) is 3.32. The van der Waals surface area contributed by atoms with Crippen molar-refractivity contribution in [3.63, 3.8) is 0 Å². The molecule has 0 spiro atoms. The maximum atomic E-state index is 10.3. The van der Waals surface area contributed by atoms with Gasteiger partial charge in [0.2, 0.25) is 0 Å². The predicted molar refractivity (Wildman–Crippen MR) is 44.6 cm³/mol. The summed E-state index contributed by atoms with van der Waals surface area (Å²) in [6, 6.07) is 5.88. The van der Waals surface area contributed by atoms with Crippen molar-refractivity contribution in [2.45, 2.75) is 0 Å². The van der Waals surface area contributed by atoms with Crippen molar-refractivity contribution < 1.29 is 39.2 Å². The van der Waals surface area contributed by atoms with Crippen LogP contribution in [0.4, 0.5) is 5.69 Å². The molecule has 0 saturated carbocycles. The van der Waals surface area contributed by atoms with E-state index in [0.717, 1.165) is 0 Å². The Balaban J connectivity index is 0. The summed E-state index contributed by atoms with van der Waals surface area (Å²) >= 11 is 0. The SMILES string of the molecule is Nc1cccc(OP(=O)(O)O)c1.[H-].[Li+]. The number of rotatable bonds is 2. The van der Waals surface area contributed by atoms with Crippen LogP contribution in [-0.2, 0) is 4.57 Å². The number of phosphoric acid groups is 1. The molecule has 1 rings (SSSR count). The fraction of sp³-hybridized carbons (Fsp3) is 0. The number of nitrogen functional groups attached to an aromatic ring is 1. The zero-order valence-electron chi connectivity index (χ0n) is 8.04. The van der Waals surface area contributed by atoms with E-state index in [9.17, 15) is 4.57 Å². The molecule has 0 amide bonds. The van der Waals surface area contributed by atoms with E-state index in [0.29, 0.717) is 5.69 Å². The van der Waals surface area contributed by atoms with Crippen LogP contribution in [0.5, 0.6) is 5.75 Å².